The van der Waals surface area contributed by atoms with Crippen LogP contribution in [0.3, 0.4) is 0 Å². The molecular formula is C7H13N3O5. The number of aliphatic hydroxyl groups is 2. The predicted octanol–water partition coefficient (Wildman–Crippen LogP) is -1.09. The number of nitrogens with zero attached hydrogens (tertiary/aromatic N) is 2. The normalized spacial score (nSPS) is 30.9. The molecule has 0 spiro atoms. The maximum atomic E-state index is 10.8. The summed E-state index contributed by atoms with van der Waals surface area (Å²) in [7, 11) is 0. The molecule has 15 heavy (non-hydrogen) atoms. The molecular weight excluding hydrogens is 206 g/mol. The number of carbonyl (C=O) groups is 1. The molecule has 8 heteroatoms. The summed E-state index contributed by atoms with van der Waals surface area (Å²) >= 11 is 0. The van der Waals surface area contributed by atoms with Gasteiger partial charge in [0.15, 0.2) is 6.23 Å². The van der Waals surface area contributed by atoms with Gasteiger partial charge in [-0.3, -0.25) is 0 Å². The molecule has 1 rings (SSSR count). The fourth-order valence-electron chi connectivity index (χ4n) is 1.44. The number of primary amides is 1. The Kier molecular flexibility index (Phi) is 3.95. The van der Waals surface area contributed by atoms with Crippen molar-refractivity contribution in [3.8, 4) is 0 Å². The lowest BCUT2D eigenvalue weighted by molar-refractivity contribution is -0.171. The maximum absolute atomic E-state index is 10.8. The first-order valence-electron chi connectivity index (χ1n) is 4.46. The first-order chi connectivity index (χ1) is 7.10. The van der Waals surface area contributed by atoms with Crippen molar-refractivity contribution >= 4 is 6.03 Å². The van der Waals surface area contributed by atoms with Crippen LogP contribution in [0.5, 0.6) is 0 Å². The number of aliphatic hydroxyl groups excluding tert-OH is 2. The summed E-state index contributed by atoms with van der Waals surface area (Å²) in [5.41, 5.74) is 4.89. The Morgan fingerprint density at radius 1 is 1.60 bits per heavy atom. The molecule has 1 aliphatic heterocycles. The van der Waals surface area contributed by atoms with Crippen LogP contribution in [0.4, 0.5) is 4.79 Å². The fourth-order valence-corrected chi connectivity index (χ4v) is 1.44. The van der Waals surface area contributed by atoms with Gasteiger partial charge in [-0.1, -0.05) is 0 Å². The highest BCUT2D eigenvalue weighted by Crippen LogP contribution is 2.22. The molecule has 0 aromatic heterocycles. The smallest absolute Gasteiger partial charge is 0.340 e. The number of ether oxygens (including phenoxy) is 1. The van der Waals surface area contributed by atoms with Gasteiger partial charge in [0.2, 0.25) is 0 Å². The Hall–Kier alpha value is -1.25. The summed E-state index contributed by atoms with van der Waals surface area (Å²) < 4.78 is 5.09. The molecule has 1 heterocycles. The highest BCUT2D eigenvalue weighted by atomic mass is 16.5. The monoisotopic (exact) mass is 219 g/mol. The Balaban J connectivity index is 2.64. The standard InChI is InChI=1S/C7H13N3O5/c8-7(13)10(9-14)6-2-1-4(12)5(3-11)15-6/h4-6,11-12H,1-3H2,(H2,8,13)/t4-,5-,6+/m1/s1. The molecule has 0 radical (unpaired) electrons. The highest BCUT2D eigenvalue weighted by molar-refractivity contribution is 5.71. The van der Waals surface area contributed by atoms with Crippen molar-refractivity contribution in [2.24, 2.45) is 11.0 Å². The molecule has 1 saturated heterocycles. The van der Waals surface area contributed by atoms with E-state index >= 15 is 0 Å². The summed E-state index contributed by atoms with van der Waals surface area (Å²) in [5, 5.41) is 21.1. The fraction of sp³-hybridized carbons (Fsp3) is 0.857. The zero-order valence-corrected chi connectivity index (χ0v) is 7.94. The number of nitroso groups, excluding NO2 is 1. The summed E-state index contributed by atoms with van der Waals surface area (Å²) in [5.74, 6) is 0. The number of hydrogen-bond acceptors (Lipinski definition) is 6. The second-order valence-electron chi connectivity index (χ2n) is 3.22. The Morgan fingerprint density at radius 2 is 2.27 bits per heavy atom. The SMILES string of the molecule is NC(=O)N(N=O)[C@@H]1CC[C@@H](O)[C@@H](CO)O1. The molecule has 8 nitrogen and oxygen atoms in total. The van der Waals surface area contributed by atoms with Crippen LogP contribution in [0.2, 0.25) is 0 Å². The quantitative estimate of drug-likeness (QED) is 0.410. The van der Waals surface area contributed by atoms with E-state index < -0.39 is 31.1 Å². The molecule has 0 saturated carbocycles. The third-order valence-electron chi connectivity index (χ3n) is 2.24. The van der Waals surface area contributed by atoms with Crippen molar-refractivity contribution in [2.75, 3.05) is 6.61 Å². The van der Waals surface area contributed by atoms with Crippen molar-refractivity contribution in [2.45, 2.75) is 31.3 Å². The average Bonchev–Trinajstić information content (AvgIpc) is 2.21. The Labute approximate surface area is 85.6 Å². The Bertz CT molecular complexity index is 249. The predicted molar refractivity (Wildman–Crippen MR) is 48.2 cm³/mol. The van der Waals surface area contributed by atoms with Crippen LogP contribution in [-0.4, -0.2) is 46.3 Å². The third kappa shape index (κ3) is 2.61. The van der Waals surface area contributed by atoms with Gasteiger partial charge in [-0.25, -0.2) is 4.79 Å². The van der Waals surface area contributed by atoms with Crippen LogP contribution >= 0.6 is 0 Å². The lowest BCUT2D eigenvalue weighted by Crippen LogP contribution is -2.49. The van der Waals surface area contributed by atoms with E-state index in [1.807, 2.05) is 0 Å². The highest BCUT2D eigenvalue weighted by Gasteiger charge is 2.34. The van der Waals surface area contributed by atoms with Gasteiger partial charge in [0.25, 0.3) is 0 Å². The molecule has 0 aromatic carbocycles. The number of rotatable bonds is 3. The Morgan fingerprint density at radius 3 is 2.73 bits per heavy atom. The summed E-state index contributed by atoms with van der Waals surface area (Å²) in [6.07, 6.45) is -2.01. The molecule has 0 bridgehead atoms. The van der Waals surface area contributed by atoms with Crippen LogP contribution in [0, 0.1) is 4.91 Å². The number of hydrogen-bond donors (Lipinski definition) is 3. The van der Waals surface area contributed by atoms with E-state index in [9.17, 15) is 14.8 Å². The van der Waals surface area contributed by atoms with Gasteiger partial charge in [0.1, 0.15) is 6.10 Å². The second kappa shape index (κ2) is 5.01. The molecule has 0 aliphatic carbocycles. The third-order valence-corrected chi connectivity index (χ3v) is 2.24. The second-order valence-corrected chi connectivity index (χ2v) is 3.22. The summed E-state index contributed by atoms with van der Waals surface area (Å²) in [6, 6.07) is -1.02. The van der Waals surface area contributed by atoms with Gasteiger partial charge < -0.3 is 20.7 Å². The molecule has 2 amide bonds. The maximum Gasteiger partial charge on any atom is 0.340 e. The first-order valence-corrected chi connectivity index (χ1v) is 4.46. The minimum atomic E-state index is -1.02. The molecule has 1 fully saturated rings. The van der Waals surface area contributed by atoms with E-state index in [2.05, 4.69) is 5.29 Å². The zero-order chi connectivity index (χ0) is 11.4. The molecule has 86 valence electrons. The minimum absolute atomic E-state index is 0.242. The first kappa shape index (κ1) is 11.8. The number of nitrogens with two attached hydrogens (primary N) is 1. The van der Waals surface area contributed by atoms with E-state index in [0.717, 1.165) is 0 Å². The van der Waals surface area contributed by atoms with E-state index in [1.165, 1.54) is 0 Å². The lowest BCUT2D eigenvalue weighted by atomic mass is 10.0. The van der Waals surface area contributed by atoms with Gasteiger partial charge in [-0.05, 0) is 12.8 Å². The number of amides is 2. The van der Waals surface area contributed by atoms with Crippen molar-refractivity contribution in [1.82, 2.24) is 5.01 Å². The summed E-state index contributed by atoms with van der Waals surface area (Å²) in [6.45, 7) is -0.400. The molecule has 0 aromatic rings. The van der Waals surface area contributed by atoms with Crippen molar-refractivity contribution < 1.29 is 19.7 Å². The van der Waals surface area contributed by atoms with Gasteiger partial charge >= 0.3 is 6.03 Å². The van der Waals surface area contributed by atoms with Crippen LogP contribution in [-0.2, 0) is 4.74 Å². The van der Waals surface area contributed by atoms with Gasteiger partial charge in [-0.15, -0.1) is 9.92 Å². The molecule has 0 unspecified atom stereocenters. The van der Waals surface area contributed by atoms with Gasteiger partial charge in [0, 0.05) is 0 Å². The lowest BCUT2D eigenvalue weighted by Gasteiger charge is -2.34. The van der Waals surface area contributed by atoms with Crippen LogP contribution in [0.1, 0.15) is 12.8 Å². The van der Waals surface area contributed by atoms with Crippen LogP contribution in [0.15, 0.2) is 5.29 Å². The molecule has 1 aliphatic rings. The van der Waals surface area contributed by atoms with Gasteiger partial charge in [-0.2, -0.15) is 0 Å². The topological polar surface area (TPSA) is 125 Å². The van der Waals surface area contributed by atoms with Crippen molar-refractivity contribution in [3.05, 3.63) is 4.91 Å². The van der Waals surface area contributed by atoms with Crippen molar-refractivity contribution in [1.29, 1.82) is 0 Å². The van der Waals surface area contributed by atoms with E-state index in [4.69, 9.17) is 15.6 Å². The molecule has 4 N–H and O–H groups in total. The van der Waals surface area contributed by atoms with Crippen molar-refractivity contribution in [3.63, 3.8) is 0 Å². The zero-order valence-electron chi connectivity index (χ0n) is 7.94. The van der Waals surface area contributed by atoms with Crippen LogP contribution in [0.25, 0.3) is 0 Å². The van der Waals surface area contributed by atoms with E-state index in [-0.39, 0.29) is 6.42 Å². The summed E-state index contributed by atoms with van der Waals surface area (Å²) in [4.78, 5) is 21.0. The van der Waals surface area contributed by atoms with E-state index in [0.29, 0.717) is 11.4 Å². The number of urea groups is 1. The molecule has 3 atom stereocenters. The van der Waals surface area contributed by atoms with Crippen LogP contribution < -0.4 is 5.73 Å². The largest absolute Gasteiger partial charge is 0.394 e. The average molecular weight is 219 g/mol. The number of carbonyl (C=O) groups excluding carboxylic acids is 1. The van der Waals surface area contributed by atoms with Gasteiger partial charge in [0.05, 0.1) is 18.0 Å². The van der Waals surface area contributed by atoms with E-state index in [1.54, 1.807) is 0 Å². The minimum Gasteiger partial charge on any atom is -0.394 e.